The molecule has 3 aromatic rings. The van der Waals surface area contributed by atoms with Gasteiger partial charge in [0.1, 0.15) is 22.9 Å². The summed E-state index contributed by atoms with van der Waals surface area (Å²) < 4.78 is 50.8. The number of carbonyl (C=O) groups excluding carboxylic acids is 1. The molecule has 0 spiro atoms. The highest BCUT2D eigenvalue weighted by atomic mass is 19.4. The molecule has 3 N–H and O–H groups in total. The van der Waals surface area contributed by atoms with Gasteiger partial charge in [-0.05, 0) is 38.1 Å². The molecule has 156 valence electrons. The molecule has 0 aliphatic heterocycles. The average molecular weight is 410 g/mol. The van der Waals surface area contributed by atoms with Crippen molar-refractivity contribution in [1.82, 2.24) is 10.6 Å². The van der Waals surface area contributed by atoms with Crippen molar-refractivity contribution < 1.29 is 31.9 Å². The van der Waals surface area contributed by atoms with Gasteiger partial charge in [0.15, 0.2) is 0 Å². The minimum absolute atomic E-state index is 0.244. The number of carbonyl (C=O) groups is 1. The van der Waals surface area contributed by atoms with E-state index in [-0.39, 0.29) is 5.76 Å². The molecule has 2 amide bonds. The van der Waals surface area contributed by atoms with Gasteiger partial charge >= 0.3 is 12.2 Å². The zero-order valence-corrected chi connectivity index (χ0v) is 15.8. The van der Waals surface area contributed by atoms with Crippen LogP contribution in [0.3, 0.4) is 0 Å². The molecule has 2 atom stereocenters. The lowest BCUT2D eigenvalue weighted by Crippen LogP contribution is -2.46. The number of urea groups is 1. The van der Waals surface area contributed by atoms with Crippen LogP contribution in [-0.2, 0) is 5.60 Å². The van der Waals surface area contributed by atoms with E-state index in [0.29, 0.717) is 11.3 Å². The largest absolute Gasteiger partial charge is 0.463 e. The van der Waals surface area contributed by atoms with Crippen LogP contribution in [0, 0.1) is 6.92 Å². The van der Waals surface area contributed by atoms with Crippen LogP contribution in [0.5, 0.6) is 0 Å². The molecular formula is C20H21F3N2O4. The molecule has 9 heteroatoms. The van der Waals surface area contributed by atoms with E-state index in [1.54, 1.807) is 19.1 Å². The summed E-state index contributed by atoms with van der Waals surface area (Å²) in [5.41, 5.74) is -2.53. The van der Waals surface area contributed by atoms with Crippen molar-refractivity contribution in [2.24, 2.45) is 0 Å². The first-order valence-electron chi connectivity index (χ1n) is 8.99. The fourth-order valence-electron chi connectivity index (χ4n) is 2.95. The zero-order chi connectivity index (χ0) is 21.2. The minimum atomic E-state index is -4.96. The average Bonchev–Trinajstić information content (AvgIpc) is 3.26. The Hall–Kier alpha value is -2.94. The quantitative estimate of drug-likeness (QED) is 0.557. The topological polar surface area (TPSA) is 87.6 Å². The van der Waals surface area contributed by atoms with Gasteiger partial charge in [0, 0.05) is 18.4 Å². The van der Waals surface area contributed by atoms with Crippen LogP contribution in [-0.4, -0.2) is 23.9 Å². The maximum absolute atomic E-state index is 13.4. The number of benzene rings is 1. The number of rotatable bonds is 6. The van der Waals surface area contributed by atoms with E-state index in [1.165, 1.54) is 13.0 Å². The van der Waals surface area contributed by atoms with E-state index < -0.39 is 42.6 Å². The van der Waals surface area contributed by atoms with Gasteiger partial charge in [-0.1, -0.05) is 18.2 Å². The van der Waals surface area contributed by atoms with Crippen LogP contribution >= 0.6 is 0 Å². The molecule has 1 aromatic carbocycles. The molecular weight excluding hydrogens is 389 g/mol. The number of para-hydroxylation sites is 1. The molecule has 0 saturated heterocycles. The maximum Gasteiger partial charge on any atom is 0.424 e. The lowest BCUT2D eigenvalue weighted by molar-refractivity contribution is -0.274. The second-order valence-corrected chi connectivity index (χ2v) is 6.83. The summed E-state index contributed by atoms with van der Waals surface area (Å²) in [5.74, 6) is 0.146. The molecule has 2 heterocycles. The molecule has 6 nitrogen and oxygen atoms in total. The molecule has 0 bridgehead atoms. The summed E-state index contributed by atoms with van der Waals surface area (Å²) in [6.07, 6.45) is -5.76. The lowest BCUT2D eigenvalue weighted by atomic mass is 9.96. The number of fused-ring (bicyclic) bond motifs is 1. The predicted molar refractivity (Wildman–Crippen MR) is 99.2 cm³/mol. The summed E-state index contributed by atoms with van der Waals surface area (Å²) in [7, 11) is 0. The molecule has 0 aliphatic carbocycles. The van der Waals surface area contributed by atoms with Crippen molar-refractivity contribution in [2.75, 3.05) is 6.54 Å². The third kappa shape index (κ3) is 4.40. The van der Waals surface area contributed by atoms with Crippen molar-refractivity contribution in [3.63, 3.8) is 0 Å². The highest BCUT2D eigenvalue weighted by Gasteiger charge is 2.56. The van der Waals surface area contributed by atoms with E-state index in [2.05, 4.69) is 10.6 Å². The van der Waals surface area contributed by atoms with Crippen LogP contribution in [0.4, 0.5) is 18.0 Å². The number of alkyl halides is 3. The van der Waals surface area contributed by atoms with Crippen LogP contribution < -0.4 is 10.6 Å². The van der Waals surface area contributed by atoms with Gasteiger partial charge in [0.2, 0.25) is 5.60 Å². The molecule has 2 unspecified atom stereocenters. The monoisotopic (exact) mass is 410 g/mol. The molecule has 2 aromatic heterocycles. The Morgan fingerprint density at radius 2 is 1.90 bits per heavy atom. The first-order valence-corrected chi connectivity index (χ1v) is 8.99. The smallest absolute Gasteiger partial charge is 0.424 e. The third-order valence-electron chi connectivity index (χ3n) is 4.61. The van der Waals surface area contributed by atoms with E-state index in [0.717, 1.165) is 11.5 Å². The summed E-state index contributed by atoms with van der Waals surface area (Å²) in [6, 6.07) is 10.3. The number of amides is 2. The van der Waals surface area contributed by atoms with Gasteiger partial charge in [-0.2, -0.15) is 13.2 Å². The van der Waals surface area contributed by atoms with Gasteiger partial charge in [0.25, 0.3) is 0 Å². The van der Waals surface area contributed by atoms with Crippen LogP contribution in [0.1, 0.15) is 36.7 Å². The SMILES string of the molecule is Cc1ccc(C(O)(CCNC(=O)NC(C)c2cc3ccccc3o2)C(F)(F)F)o1. The fraction of sp³-hybridized carbons (Fsp3) is 0.350. The van der Waals surface area contributed by atoms with Crippen molar-refractivity contribution in [2.45, 2.75) is 38.1 Å². The normalized spacial score (nSPS) is 15.1. The summed E-state index contributed by atoms with van der Waals surface area (Å²) in [4.78, 5) is 12.1. The van der Waals surface area contributed by atoms with Crippen molar-refractivity contribution >= 4 is 17.0 Å². The van der Waals surface area contributed by atoms with E-state index in [9.17, 15) is 23.1 Å². The zero-order valence-electron chi connectivity index (χ0n) is 15.8. The molecule has 0 radical (unpaired) electrons. The van der Waals surface area contributed by atoms with Crippen LogP contribution in [0.15, 0.2) is 51.3 Å². The molecule has 0 saturated carbocycles. The van der Waals surface area contributed by atoms with Crippen LogP contribution in [0.25, 0.3) is 11.0 Å². The number of aliphatic hydroxyl groups is 1. The highest BCUT2D eigenvalue weighted by molar-refractivity contribution is 5.78. The Kier molecular flexibility index (Phi) is 5.61. The van der Waals surface area contributed by atoms with E-state index in [4.69, 9.17) is 8.83 Å². The summed E-state index contributed by atoms with van der Waals surface area (Å²) >= 11 is 0. The van der Waals surface area contributed by atoms with Crippen molar-refractivity contribution in [1.29, 1.82) is 0 Å². The van der Waals surface area contributed by atoms with Crippen molar-refractivity contribution in [3.05, 3.63) is 59.7 Å². The molecule has 29 heavy (non-hydrogen) atoms. The van der Waals surface area contributed by atoms with Gasteiger partial charge in [-0.15, -0.1) is 0 Å². The number of furan rings is 2. The third-order valence-corrected chi connectivity index (χ3v) is 4.61. The Bertz CT molecular complexity index is 962. The number of halogens is 3. The Balaban J connectivity index is 1.59. The standard InChI is InChI=1S/C20H21F3N2O4/c1-12-7-8-17(28-12)19(27,20(21,22)23)9-10-24-18(26)25-13(2)16-11-14-5-3-4-6-15(14)29-16/h3-8,11,13,27H,9-10H2,1-2H3,(H2,24,25,26). The van der Waals surface area contributed by atoms with Gasteiger partial charge in [-0.3, -0.25) is 0 Å². The number of hydrogen-bond donors (Lipinski definition) is 3. The second kappa shape index (κ2) is 7.82. The van der Waals surface area contributed by atoms with Crippen LogP contribution in [0.2, 0.25) is 0 Å². The lowest BCUT2D eigenvalue weighted by Gasteiger charge is -2.28. The van der Waals surface area contributed by atoms with E-state index in [1.807, 2.05) is 18.2 Å². The Morgan fingerprint density at radius 1 is 1.17 bits per heavy atom. The second-order valence-electron chi connectivity index (χ2n) is 6.83. The first kappa shape index (κ1) is 20.8. The van der Waals surface area contributed by atoms with E-state index >= 15 is 0 Å². The van der Waals surface area contributed by atoms with Gasteiger partial charge in [-0.25, -0.2) is 4.79 Å². The maximum atomic E-state index is 13.4. The number of nitrogens with one attached hydrogen (secondary N) is 2. The first-order chi connectivity index (χ1) is 13.6. The Morgan fingerprint density at radius 3 is 2.52 bits per heavy atom. The highest BCUT2D eigenvalue weighted by Crippen LogP contribution is 2.42. The molecule has 0 fully saturated rings. The predicted octanol–water partition coefficient (Wildman–Crippen LogP) is 4.53. The van der Waals surface area contributed by atoms with Gasteiger partial charge in [0.05, 0.1) is 6.04 Å². The Labute approximate surface area is 164 Å². The fourth-order valence-corrected chi connectivity index (χ4v) is 2.95. The summed E-state index contributed by atoms with van der Waals surface area (Å²) in [6.45, 7) is 2.74. The van der Waals surface area contributed by atoms with Crippen molar-refractivity contribution in [3.8, 4) is 0 Å². The van der Waals surface area contributed by atoms with Gasteiger partial charge < -0.3 is 24.6 Å². The molecule has 0 aliphatic rings. The minimum Gasteiger partial charge on any atom is -0.463 e. The summed E-state index contributed by atoms with van der Waals surface area (Å²) in [5, 5.41) is 16.0. The number of hydrogen-bond acceptors (Lipinski definition) is 4. The number of aryl methyl sites for hydroxylation is 1. The molecule has 3 rings (SSSR count).